The van der Waals surface area contributed by atoms with Gasteiger partial charge in [0, 0.05) is 49.0 Å². The van der Waals surface area contributed by atoms with Crippen molar-refractivity contribution in [3.8, 4) is 17.0 Å². The van der Waals surface area contributed by atoms with Gasteiger partial charge in [0.15, 0.2) is 11.3 Å². The van der Waals surface area contributed by atoms with E-state index in [0.29, 0.717) is 43.9 Å². The molecule has 2 aromatic heterocycles. The molecule has 6 rings (SSSR count). The molecule has 2 aromatic carbocycles. The zero-order chi connectivity index (χ0) is 28.2. The van der Waals surface area contributed by atoms with Crippen LogP contribution in [0.4, 0.5) is 18.9 Å². The van der Waals surface area contributed by atoms with Crippen LogP contribution in [0.5, 0.6) is 5.75 Å². The van der Waals surface area contributed by atoms with Crippen LogP contribution < -0.4 is 10.5 Å². The molecule has 0 unspecified atom stereocenters. The maximum absolute atomic E-state index is 14.5. The van der Waals surface area contributed by atoms with E-state index in [1.54, 1.807) is 24.1 Å². The van der Waals surface area contributed by atoms with Gasteiger partial charge in [0.1, 0.15) is 11.3 Å². The number of nitrogens with two attached hydrogens (primary N) is 1. The molecule has 1 aliphatic carbocycles. The molecular formula is C29H29F3N6O2. The Kier molecular flexibility index (Phi) is 6.41. The Morgan fingerprint density at radius 1 is 1.15 bits per heavy atom. The first-order valence-corrected chi connectivity index (χ1v) is 13.2. The van der Waals surface area contributed by atoms with E-state index in [4.69, 9.17) is 10.5 Å². The van der Waals surface area contributed by atoms with Gasteiger partial charge in [-0.25, -0.2) is 9.50 Å². The Morgan fingerprint density at radius 3 is 2.67 bits per heavy atom. The van der Waals surface area contributed by atoms with Crippen LogP contribution in [-0.2, 0) is 25.6 Å². The number of alkyl halides is 3. The molecule has 1 saturated heterocycles. The first kappa shape index (κ1) is 26.1. The molecule has 0 bridgehead atoms. The van der Waals surface area contributed by atoms with Crippen molar-refractivity contribution < 1.29 is 22.7 Å². The minimum absolute atomic E-state index is 0.0570. The molecule has 2 aliphatic rings. The van der Waals surface area contributed by atoms with Crippen molar-refractivity contribution in [1.82, 2.24) is 24.4 Å². The fourth-order valence-electron chi connectivity index (χ4n) is 5.87. The van der Waals surface area contributed by atoms with Crippen molar-refractivity contribution in [3.05, 3.63) is 76.6 Å². The number of anilines is 1. The minimum atomic E-state index is -4.68. The summed E-state index contributed by atoms with van der Waals surface area (Å²) in [6.45, 7) is 4.22. The second-order valence-corrected chi connectivity index (χ2v) is 10.4. The summed E-state index contributed by atoms with van der Waals surface area (Å²) in [5.74, 6) is 0.246. The number of benzene rings is 2. The zero-order valence-corrected chi connectivity index (χ0v) is 22.2. The highest BCUT2D eigenvalue weighted by atomic mass is 19.4. The number of aromatic nitrogens is 3. The fraction of sp³-hybridized carbons (Fsp3) is 0.345. The third-order valence-electron chi connectivity index (χ3n) is 7.88. The van der Waals surface area contributed by atoms with Gasteiger partial charge in [-0.15, -0.1) is 0 Å². The van der Waals surface area contributed by atoms with E-state index in [1.807, 2.05) is 37.3 Å². The molecule has 2 N–H and O–H groups in total. The van der Waals surface area contributed by atoms with E-state index in [1.165, 1.54) is 6.20 Å². The number of rotatable bonds is 4. The molecule has 0 radical (unpaired) electrons. The molecule has 40 heavy (non-hydrogen) atoms. The Balaban J connectivity index is 1.35. The maximum atomic E-state index is 14.5. The lowest BCUT2D eigenvalue weighted by atomic mass is 9.87. The lowest BCUT2D eigenvalue weighted by Crippen LogP contribution is -2.53. The largest absolute Gasteiger partial charge is 0.497 e. The predicted molar refractivity (Wildman–Crippen MR) is 144 cm³/mol. The summed E-state index contributed by atoms with van der Waals surface area (Å²) in [5.41, 5.74) is 8.71. The summed E-state index contributed by atoms with van der Waals surface area (Å²) in [6.07, 6.45) is -2.90. The van der Waals surface area contributed by atoms with Gasteiger partial charge in [0.25, 0.3) is 5.91 Å². The van der Waals surface area contributed by atoms with E-state index >= 15 is 0 Å². The molecule has 11 heteroatoms. The Morgan fingerprint density at radius 2 is 1.95 bits per heavy atom. The number of ether oxygens (including phenoxy) is 1. The molecule has 1 atom stereocenters. The highest BCUT2D eigenvalue weighted by molar-refractivity contribution is 6.00. The molecule has 0 saturated carbocycles. The van der Waals surface area contributed by atoms with Crippen LogP contribution in [0.2, 0.25) is 0 Å². The van der Waals surface area contributed by atoms with Gasteiger partial charge in [-0.05, 0) is 55.2 Å². The van der Waals surface area contributed by atoms with Crippen molar-refractivity contribution in [2.45, 2.75) is 38.5 Å². The third-order valence-corrected chi connectivity index (χ3v) is 7.88. The first-order chi connectivity index (χ1) is 19.2. The number of aryl methyl sites for hydroxylation is 1. The number of nitrogen functional groups attached to an aromatic ring is 1. The first-order valence-electron chi connectivity index (χ1n) is 13.2. The smallest absolute Gasteiger partial charge is 0.433 e. The highest BCUT2D eigenvalue weighted by Gasteiger charge is 2.41. The predicted octanol–water partition coefficient (Wildman–Crippen LogP) is 4.45. The van der Waals surface area contributed by atoms with Crippen LogP contribution in [0.15, 0.2) is 48.7 Å². The summed E-state index contributed by atoms with van der Waals surface area (Å²) in [4.78, 5) is 22.3. The quantitative estimate of drug-likeness (QED) is 0.378. The van der Waals surface area contributed by atoms with Crippen LogP contribution in [0, 0.1) is 0 Å². The zero-order valence-electron chi connectivity index (χ0n) is 22.2. The van der Waals surface area contributed by atoms with Gasteiger partial charge in [-0.2, -0.15) is 18.3 Å². The van der Waals surface area contributed by atoms with Gasteiger partial charge in [-0.1, -0.05) is 18.2 Å². The number of halogens is 3. The molecular weight excluding hydrogens is 521 g/mol. The lowest BCUT2D eigenvalue weighted by Gasteiger charge is -2.40. The van der Waals surface area contributed by atoms with Crippen LogP contribution >= 0.6 is 0 Å². The van der Waals surface area contributed by atoms with E-state index in [9.17, 15) is 18.0 Å². The number of hydrogen-bond acceptors (Lipinski definition) is 6. The van der Waals surface area contributed by atoms with Crippen LogP contribution in [0.1, 0.15) is 39.7 Å². The Bertz CT molecular complexity index is 1620. The summed E-state index contributed by atoms with van der Waals surface area (Å²) in [6, 6.07) is 12.8. The topological polar surface area (TPSA) is 89.0 Å². The fourth-order valence-corrected chi connectivity index (χ4v) is 5.87. The van der Waals surface area contributed by atoms with Crippen LogP contribution in [0.25, 0.3) is 16.9 Å². The van der Waals surface area contributed by atoms with Gasteiger partial charge < -0.3 is 15.4 Å². The Labute approximate surface area is 229 Å². The van der Waals surface area contributed by atoms with Gasteiger partial charge in [-0.3, -0.25) is 9.69 Å². The minimum Gasteiger partial charge on any atom is -0.497 e. The van der Waals surface area contributed by atoms with Crippen LogP contribution in [0.3, 0.4) is 0 Å². The van der Waals surface area contributed by atoms with Gasteiger partial charge in [0.05, 0.1) is 19.0 Å². The average Bonchev–Trinajstić information content (AvgIpc) is 3.35. The average molecular weight is 551 g/mol. The van der Waals surface area contributed by atoms with Crippen molar-refractivity contribution in [1.29, 1.82) is 0 Å². The van der Waals surface area contributed by atoms with Crippen LogP contribution in [-0.4, -0.2) is 63.1 Å². The van der Waals surface area contributed by atoms with E-state index < -0.39 is 11.9 Å². The molecule has 3 heterocycles. The molecule has 4 aromatic rings. The van der Waals surface area contributed by atoms with Crippen molar-refractivity contribution in [2.75, 3.05) is 32.5 Å². The summed E-state index contributed by atoms with van der Waals surface area (Å²) in [7, 11) is 1.55. The number of para-hydroxylation sites is 1. The number of piperazine rings is 1. The summed E-state index contributed by atoms with van der Waals surface area (Å²) < 4.78 is 49.5. The normalized spacial score (nSPS) is 17.5. The second kappa shape index (κ2) is 9.81. The van der Waals surface area contributed by atoms with E-state index in [0.717, 1.165) is 21.3 Å². The number of fused-ring (bicyclic) bond motifs is 4. The lowest BCUT2D eigenvalue weighted by molar-refractivity contribution is -0.143. The number of amides is 1. The third kappa shape index (κ3) is 4.43. The molecule has 1 aliphatic heterocycles. The summed E-state index contributed by atoms with van der Waals surface area (Å²) in [5, 5.41) is 4.04. The molecule has 1 fully saturated rings. The standard InChI is InChI=1S/C29H29F3N6O2/c1-17-15-36(16-19-5-3-4-6-24(19)33)11-12-37(17)28(39)23-14-34-38-26(29(30,31)32)22-9-7-18-13-20(40-2)8-10-21(18)25(22)35-27(23)38/h3-6,8,10,13-14,17H,7,9,11-12,15-16,33H2,1-2H3/t17-/m1/s1. The highest BCUT2D eigenvalue weighted by Crippen LogP contribution is 2.41. The van der Waals surface area contributed by atoms with E-state index in [2.05, 4.69) is 15.0 Å². The Hall–Kier alpha value is -4.12. The number of carbonyl (C=O) groups excluding carboxylic acids is 1. The number of nitrogens with zero attached hydrogens (tertiary/aromatic N) is 5. The van der Waals surface area contributed by atoms with Gasteiger partial charge in [0.2, 0.25) is 0 Å². The summed E-state index contributed by atoms with van der Waals surface area (Å²) >= 11 is 0. The number of methoxy groups -OCH3 is 1. The maximum Gasteiger partial charge on any atom is 0.433 e. The molecule has 8 nitrogen and oxygen atoms in total. The monoisotopic (exact) mass is 550 g/mol. The molecule has 1 amide bonds. The van der Waals surface area contributed by atoms with E-state index in [-0.39, 0.29) is 40.8 Å². The van der Waals surface area contributed by atoms with Crippen molar-refractivity contribution in [2.24, 2.45) is 0 Å². The molecule has 208 valence electrons. The SMILES string of the molecule is COc1ccc2c(c1)CCc1c-2nc2c(C(=O)N3CCN(Cc4ccccc4N)C[C@H]3C)cnn2c1C(F)(F)F. The molecule has 0 spiro atoms. The van der Waals surface area contributed by atoms with Crippen molar-refractivity contribution in [3.63, 3.8) is 0 Å². The number of carbonyl (C=O) groups is 1. The number of hydrogen-bond donors (Lipinski definition) is 1. The second-order valence-electron chi connectivity index (χ2n) is 10.4. The van der Waals surface area contributed by atoms with Crippen molar-refractivity contribution >= 4 is 17.2 Å². The van der Waals surface area contributed by atoms with Gasteiger partial charge >= 0.3 is 6.18 Å².